The van der Waals surface area contributed by atoms with Gasteiger partial charge in [-0.15, -0.1) is 0 Å². The minimum Gasteiger partial charge on any atom is -0.305 e. The second kappa shape index (κ2) is 5.74. The van der Waals surface area contributed by atoms with Gasteiger partial charge in [0.2, 0.25) is 0 Å². The average molecular weight is 295 g/mol. The van der Waals surface area contributed by atoms with Gasteiger partial charge in [-0.25, -0.2) is 0 Å². The topological polar surface area (TPSA) is 70.7 Å². The van der Waals surface area contributed by atoms with Crippen LogP contribution in [0.1, 0.15) is 10.4 Å². The van der Waals surface area contributed by atoms with E-state index < -0.39 is 0 Å². The Morgan fingerprint density at radius 1 is 1.37 bits per heavy atom. The lowest BCUT2D eigenvalue weighted by Crippen LogP contribution is -2.12. The molecule has 0 bridgehead atoms. The summed E-state index contributed by atoms with van der Waals surface area (Å²) in [6, 6.07) is 8.11. The van der Waals surface area contributed by atoms with E-state index >= 15 is 0 Å². The molecule has 2 rings (SSSR count). The molecule has 0 aliphatic rings. The molecule has 5 nitrogen and oxygen atoms in total. The number of nitrogens with one attached hydrogen (secondary N) is 1. The van der Waals surface area contributed by atoms with Gasteiger partial charge in [-0.2, -0.15) is 10.4 Å². The highest BCUT2D eigenvalue weighted by Crippen LogP contribution is 2.19. The standard InChI is InChI=1S/C12H8Cl2N4O/c13-9-5-8(6-10(14)7-9)12(19)16-11-1-3-18(17-11)4-2-15/h1,3,5-7H,4H2,(H,16,17,19). The van der Waals surface area contributed by atoms with E-state index in [1.807, 2.05) is 6.07 Å². The number of nitrogens with zero attached hydrogens (tertiary/aromatic N) is 3. The van der Waals surface area contributed by atoms with E-state index in [9.17, 15) is 4.79 Å². The van der Waals surface area contributed by atoms with E-state index in [1.54, 1.807) is 18.3 Å². The summed E-state index contributed by atoms with van der Waals surface area (Å²) in [5, 5.41) is 15.9. The van der Waals surface area contributed by atoms with Crippen molar-refractivity contribution in [3.8, 4) is 6.07 Å². The zero-order valence-electron chi connectivity index (χ0n) is 9.60. The maximum atomic E-state index is 11.9. The van der Waals surface area contributed by atoms with Crippen LogP contribution in [0.25, 0.3) is 0 Å². The molecule has 0 saturated heterocycles. The van der Waals surface area contributed by atoms with Crippen molar-refractivity contribution < 1.29 is 4.79 Å². The summed E-state index contributed by atoms with van der Waals surface area (Å²) in [7, 11) is 0. The van der Waals surface area contributed by atoms with Gasteiger partial charge in [0.05, 0.1) is 6.07 Å². The van der Waals surface area contributed by atoms with E-state index in [4.69, 9.17) is 28.5 Å². The van der Waals surface area contributed by atoms with E-state index in [-0.39, 0.29) is 12.5 Å². The molecule has 0 fully saturated rings. The molecule has 0 aliphatic heterocycles. The van der Waals surface area contributed by atoms with Crippen molar-refractivity contribution in [1.82, 2.24) is 9.78 Å². The molecule has 19 heavy (non-hydrogen) atoms. The number of anilines is 1. The number of amides is 1. The summed E-state index contributed by atoms with van der Waals surface area (Å²) in [6.07, 6.45) is 1.60. The van der Waals surface area contributed by atoms with Crippen LogP contribution in [-0.2, 0) is 6.54 Å². The van der Waals surface area contributed by atoms with Crippen molar-refractivity contribution >= 4 is 34.9 Å². The molecule has 1 aromatic heterocycles. The summed E-state index contributed by atoms with van der Waals surface area (Å²) < 4.78 is 1.42. The van der Waals surface area contributed by atoms with Gasteiger partial charge in [0.1, 0.15) is 6.54 Å². The van der Waals surface area contributed by atoms with Crippen LogP contribution in [0.4, 0.5) is 5.82 Å². The van der Waals surface area contributed by atoms with E-state index in [0.717, 1.165) is 0 Å². The highest BCUT2D eigenvalue weighted by Gasteiger charge is 2.09. The summed E-state index contributed by atoms with van der Waals surface area (Å²) >= 11 is 11.6. The fourth-order valence-electron chi connectivity index (χ4n) is 1.46. The van der Waals surface area contributed by atoms with Crippen molar-refractivity contribution in [1.29, 1.82) is 5.26 Å². The molecule has 7 heteroatoms. The second-order valence-electron chi connectivity index (χ2n) is 3.67. The Hall–Kier alpha value is -2.03. The molecule has 0 spiro atoms. The Labute approximate surface area is 119 Å². The predicted octanol–water partition coefficient (Wildman–Crippen LogP) is 2.97. The van der Waals surface area contributed by atoms with Crippen molar-refractivity contribution in [3.05, 3.63) is 46.1 Å². The maximum absolute atomic E-state index is 11.9. The van der Waals surface area contributed by atoms with Gasteiger partial charge < -0.3 is 5.32 Å². The lowest BCUT2D eigenvalue weighted by atomic mass is 10.2. The Bertz CT molecular complexity index is 640. The van der Waals surface area contributed by atoms with Crippen molar-refractivity contribution in [2.45, 2.75) is 6.54 Å². The molecule has 0 radical (unpaired) electrons. The number of carbonyl (C=O) groups is 1. The minimum absolute atomic E-state index is 0.124. The number of carbonyl (C=O) groups excluding carboxylic acids is 1. The van der Waals surface area contributed by atoms with Gasteiger partial charge in [-0.1, -0.05) is 23.2 Å². The van der Waals surface area contributed by atoms with Gasteiger partial charge in [0.15, 0.2) is 5.82 Å². The van der Waals surface area contributed by atoms with Gasteiger partial charge in [0, 0.05) is 27.9 Å². The van der Waals surface area contributed by atoms with Crippen LogP contribution < -0.4 is 5.32 Å². The Morgan fingerprint density at radius 3 is 2.68 bits per heavy atom. The molecule has 1 heterocycles. The highest BCUT2D eigenvalue weighted by atomic mass is 35.5. The first kappa shape index (κ1) is 13.4. The average Bonchev–Trinajstić information content (AvgIpc) is 2.76. The number of aromatic nitrogens is 2. The van der Waals surface area contributed by atoms with Crippen LogP contribution in [0.5, 0.6) is 0 Å². The molecule has 1 N–H and O–H groups in total. The third kappa shape index (κ3) is 3.47. The predicted molar refractivity (Wildman–Crippen MR) is 72.3 cm³/mol. The smallest absolute Gasteiger partial charge is 0.256 e. The fraction of sp³-hybridized carbons (Fsp3) is 0.0833. The Kier molecular flexibility index (Phi) is 4.05. The first-order valence-corrected chi connectivity index (χ1v) is 6.02. The summed E-state index contributed by atoms with van der Waals surface area (Å²) in [5.74, 6) is -0.0112. The van der Waals surface area contributed by atoms with Gasteiger partial charge in [-0.05, 0) is 18.2 Å². The highest BCUT2D eigenvalue weighted by molar-refractivity contribution is 6.35. The molecule has 0 atom stereocenters. The lowest BCUT2D eigenvalue weighted by molar-refractivity contribution is 0.102. The fourth-order valence-corrected chi connectivity index (χ4v) is 1.99. The van der Waals surface area contributed by atoms with Crippen LogP contribution >= 0.6 is 23.2 Å². The zero-order valence-corrected chi connectivity index (χ0v) is 11.1. The van der Waals surface area contributed by atoms with Crippen LogP contribution in [0.2, 0.25) is 10.0 Å². The molecule has 1 aromatic carbocycles. The van der Waals surface area contributed by atoms with Crippen LogP contribution in [0, 0.1) is 11.3 Å². The SMILES string of the molecule is N#CCn1ccc(NC(=O)c2cc(Cl)cc(Cl)c2)n1. The molecule has 1 amide bonds. The minimum atomic E-state index is -0.369. The number of halogens is 2. The quantitative estimate of drug-likeness (QED) is 0.946. The lowest BCUT2D eigenvalue weighted by Gasteiger charge is -2.03. The monoisotopic (exact) mass is 294 g/mol. The number of rotatable bonds is 3. The molecule has 2 aromatic rings. The first-order chi connectivity index (χ1) is 9.08. The van der Waals surface area contributed by atoms with Crippen molar-refractivity contribution in [3.63, 3.8) is 0 Å². The second-order valence-corrected chi connectivity index (χ2v) is 4.54. The zero-order chi connectivity index (χ0) is 13.8. The number of benzene rings is 1. The van der Waals surface area contributed by atoms with E-state index in [1.165, 1.54) is 16.8 Å². The maximum Gasteiger partial charge on any atom is 0.256 e. The largest absolute Gasteiger partial charge is 0.305 e. The van der Waals surface area contributed by atoms with Gasteiger partial charge in [0.25, 0.3) is 5.91 Å². The Balaban J connectivity index is 2.14. The summed E-state index contributed by atoms with van der Waals surface area (Å²) in [4.78, 5) is 11.9. The van der Waals surface area contributed by atoms with Crippen LogP contribution in [0.15, 0.2) is 30.5 Å². The first-order valence-electron chi connectivity index (χ1n) is 5.26. The van der Waals surface area contributed by atoms with Crippen LogP contribution in [0.3, 0.4) is 0 Å². The normalized spacial score (nSPS) is 9.95. The third-order valence-electron chi connectivity index (χ3n) is 2.24. The molecule has 0 unspecified atom stereocenters. The summed E-state index contributed by atoms with van der Waals surface area (Å²) in [6.45, 7) is 0.124. The van der Waals surface area contributed by atoms with Gasteiger partial charge in [-0.3, -0.25) is 9.48 Å². The molecule has 96 valence electrons. The molecule has 0 saturated carbocycles. The number of hydrogen-bond acceptors (Lipinski definition) is 3. The van der Waals surface area contributed by atoms with Crippen molar-refractivity contribution in [2.75, 3.05) is 5.32 Å². The Morgan fingerprint density at radius 2 is 2.05 bits per heavy atom. The van der Waals surface area contributed by atoms with Crippen LogP contribution in [-0.4, -0.2) is 15.7 Å². The summed E-state index contributed by atoms with van der Waals surface area (Å²) in [5.41, 5.74) is 0.340. The van der Waals surface area contributed by atoms with Gasteiger partial charge >= 0.3 is 0 Å². The number of hydrogen-bond donors (Lipinski definition) is 1. The number of nitriles is 1. The van der Waals surface area contributed by atoms with E-state index in [0.29, 0.717) is 21.4 Å². The molecular weight excluding hydrogens is 287 g/mol. The van der Waals surface area contributed by atoms with Crippen molar-refractivity contribution in [2.24, 2.45) is 0 Å². The third-order valence-corrected chi connectivity index (χ3v) is 2.68. The van der Waals surface area contributed by atoms with E-state index in [2.05, 4.69) is 10.4 Å². The molecule has 0 aliphatic carbocycles. The molecular formula is C12H8Cl2N4O.